The van der Waals surface area contributed by atoms with Crippen molar-refractivity contribution in [3.05, 3.63) is 41.0 Å². The molecule has 2 aliphatic rings. The second-order valence-electron chi connectivity index (χ2n) is 5.25. The Kier molecular flexibility index (Phi) is 2.82. The van der Waals surface area contributed by atoms with Gasteiger partial charge in [-0.15, -0.1) is 0 Å². The molecule has 84 valence electrons. The molecule has 0 heterocycles. The number of hydrogen-bond acceptors (Lipinski definition) is 0. The average molecular weight is 212 g/mol. The molecule has 0 bridgehead atoms. The van der Waals surface area contributed by atoms with E-state index in [9.17, 15) is 0 Å². The molecule has 0 unspecified atom stereocenters. The maximum absolute atomic E-state index is 2.50. The monoisotopic (exact) mass is 212 g/mol. The Balaban J connectivity index is 1.92. The van der Waals surface area contributed by atoms with Crippen molar-refractivity contribution in [1.82, 2.24) is 0 Å². The quantitative estimate of drug-likeness (QED) is 0.638. The predicted molar refractivity (Wildman–Crippen MR) is 69.3 cm³/mol. The molecule has 1 saturated carbocycles. The summed E-state index contributed by atoms with van der Waals surface area (Å²) in [4.78, 5) is 0. The molecule has 0 aliphatic heterocycles. The van der Waals surface area contributed by atoms with Crippen molar-refractivity contribution in [3.8, 4) is 0 Å². The van der Waals surface area contributed by atoms with Crippen molar-refractivity contribution >= 4 is 6.08 Å². The Morgan fingerprint density at radius 2 is 1.69 bits per heavy atom. The lowest BCUT2D eigenvalue weighted by Crippen LogP contribution is -1.97. The first-order chi connectivity index (χ1) is 7.93. The molecule has 1 aromatic carbocycles. The number of fused-ring (bicyclic) bond motifs is 1. The van der Waals surface area contributed by atoms with Crippen LogP contribution in [0.15, 0.2) is 29.8 Å². The Morgan fingerprint density at radius 1 is 0.875 bits per heavy atom. The minimum Gasteiger partial charge on any atom is -0.0665 e. The van der Waals surface area contributed by atoms with E-state index in [0.717, 1.165) is 5.92 Å². The molecule has 0 spiro atoms. The van der Waals surface area contributed by atoms with E-state index in [4.69, 9.17) is 0 Å². The standard InChI is InChI=1S/C16H20/c1-2-7-13(6-1)16-11-5-10-14-8-3-4-9-15(14)12-16/h3-4,8-9,12-13H,1-2,5-7,10-11H2. The zero-order chi connectivity index (χ0) is 10.8. The average Bonchev–Trinajstić information content (AvgIpc) is 2.75. The van der Waals surface area contributed by atoms with Crippen molar-refractivity contribution in [1.29, 1.82) is 0 Å². The second kappa shape index (κ2) is 4.45. The van der Waals surface area contributed by atoms with Crippen molar-refractivity contribution < 1.29 is 0 Å². The lowest BCUT2D eigenvalue weighted by atomic mass is 9.93. The summed E-state index contributed by atoms with van der Waals surface area (Å²) < 4.78 is 0. The van der Waals surface area contributed by atoms with Crippen LogP contribution in [0.4, 0.5) is 0 Å². The van der Waals surface area contributed by atoms with Gasteiger partial charge in [-0.05, 0) is 49.1 Å². The van der Waals surface area contributed by atoms with Gasteiger partial charge in [-0.1, -0.05) is 48.8 Å². The van der Waals surface area contributed by atoms with Gasteiger partial charge in [0, 0.05) is 0 Å². The number of aryl methyl sites for hydroxylation is 1. The van der Waals surface area contributed by atoms with Crippen LogP contribution >= 0.6 is 0 Å². The zero-order valence-corrected chi connectivity index (χ0v) is 9.91. The molecule has 0 aromatic heterocycles. The van der Waals surface area contributed by atoms with E-state index >= 15 is 0 Å². The molecule has 0 N–H and O–H groups in total. The Hall–Kier alpha value is -1.04. The highest BCUT2D eigenvalue weighted by Crippen LogP contribution is 2.36. The molecule has 1 fully saturated rings. The lowest BCUT2D eigenvalue weighted by molar-refractivity contribution is 0.606. The van der Waals surface area contributed by atoms with Crippen molar-refractivity contribution in [3.63, 3.8) is 0 Å². The van der Waals surface area contributed by atoms with Gasteiger partial charge in [-0.3, -0.25) is 0 Å². The maximum atomic E-state index is 2.50. The van der Waals surface area contributed by atoms with Gasteiger partial charge in [0.15, 0.2) is 0 Å². The Labute approximate surface area is 98.4 Å². The van der Waals surface area contributed by atoms with E-state index in [2.05, 4.69) is 30.3 Å². The summed E-state index contributed by atoms with van der Waals surface area (Å²) in [7, 11) is 0. The number of benzene rings is 1. The summed E-state index contributed by atoms with van der Waals surface area (Å²) in [6.07, 6.45) is 12.2. The highest BCUT2D eigenvalue weighted by atomic mass is 14.3. The van der Waals surface area contributed by atoms with E-state index in [1.54, 1.807) is 11.1 Å². The molecule has 3 rings (SSSR count). The molecule has 0 nitrogen and oxygen atoms in total. The van der Waals surface area contributed by atoms with Gasteiger partial charge in [0.1, 0.15) is 0 Å². The molecule has 2 aliphatic carbocycles. The fourth-order valence-corrected chi connectivity index (χ4v) is 3.28. The van der Waals surface area contributed by atoms with E-state index in [-0.39, 0.29) is 0 Å². The van der Waals surface area contributed by atoms with Gasteiger partial charge in [-0.2, -0.15) is 0 Å². The number of hydrogen-bond donors (Lipinski definition) is 0. The molecule has 1 aromatic rings. The van der Waals surface area contributed by atoms with Gasteiger partial charge in [0.05, 0.1) is 0 Å². The maximum Gasteiger partial charge on any atom is -0.0200 e. The van der Waals surface area contributed by atoms with Crippen LogP contribution in [0.2, 0.25) is 0 Å². The van der Waals surface area contributed by atoms with Gasteiger partial charge < -0.3 is 0 Å². The largest absolute Gasteiger partial charge is 0.0665 e. The summed E-state index contributed by atoms with van der Waals surface area (Å²) >= 11 is 0. The zero-order valence-electron chi connectivity index (χ0n) is 9.91. The highest BCUT2D eigenvalue weighted by Gasteiger charge is 2.20. The van der Waals surface area contributed by atoms with Gasteiger partial charge in [-0.25, -0.2) is 0 Å². The van der Waals surface area contributed by atoms with Crippen molar-refractivity contribution in [2.24, 2.45) is 5.92 Å². The fourth-order valence-electron chi connectivity index (χ4n) is 3.28. The van der Waals surface area contributed by atoms with E-state index < -0.39 is 0 Å². The summed E-state index contributed by atoms with van der Waals surface area (Å²) in [5.41, 5.74) is 4.78. The third kappa shape index (κ3) is 1.93. The van der Waals surface area contributed by atoms with Crippen LogP contribution in [0.25, 0.3) is 6.08 Å². The molecule has 0 amide bonds. The van der Waals surface area contributed by atoms with Gasteiger partial charge in [0.25, 0.3) is 0 Å². The minimum atomic E-state index is 0.908. The Bertz CT molecular complexity index is 394. The molecule has 0 heteroatoms. The van der Waals surface area contributed by atoms with Crippen molar-refractivity contribution in [2.75, 3.05) is 0 Å². The third-order valence-corrected chi connectivity index (χ3v) is 4.19. The molecule has 0 saturated heterocycles. The van der Waals surface area contributed by atoms with Crippen LogP contribution in [0, 0.1) is 5.92 Å². The van der Waals surface area contributed by atoms with E-state index in [1.165, 1.54) is 50.5 Å². The summed E-state index contributed by atoms with van der Waals surface area (Å²) in [6.45, 7) is 0. The predicted octanol–water partition coefficient (Wildman–Crippen LogP) is 4.60. The molecular formula is C16H20. The fraction of sp³-hybridized carbons (Fsp3) is 0.500. The van der Waals surface area contributed by atoms with Crippen LogP contribution in [-0.2, 0) is 6.42 Å². The number of allylic oxidation sites excluding steroid dienone is 1. The number of rotatable bonds is 1. The topological polar surface area (TPSA) is 0 Å². The van der Waals surface area contributed by atoms with Crippen LogP contribution in [0.5, 0.6) is 0 Å². The van der Waals surface area contributed by atoms with Gasteiger partial charge >= 0.3 is 0 Å². The van der Waals surface area contributed by atoms with Crippen LogP contribution in [-0.4, -0.2) is 0 Å². The van der Waals surface area contributed by atoms with Crippen molar-refractivity contribution in [2.45, 2.75) is 44.9 Å². The molecule has 16 heavy (non-hydrogen) atoms. The SMILES string of the molecule is C1=C(C2CCCC2)CCCc2ccccc21. The summed E-state index contributed by atoms with van der Waals surface area (Å²) in [5.74, 6) is 0.908. The Morgan fingerprint density at radius 3 is 2.56 bits per heavy atom. The normalized spacial score (nSPS) is 21.4. The molecular weight excluding hydrogens is 192 g/mol. The first-order valence-corrected chi connectivity index (χ1v) is 6.72. The lowest BCUT2D eigenvalue weighted by Gasteiger charge is -2.12. The van der Waals surface area contributed by atoms with Crippen LogP contribution < -0.4 is 0 Å². The molecule has 0 radical (unpaired) electrons. The third-order valence-electron chi connectivity index (χ3n) is 4.19. The highest BCUT2D eigenvalue weighted by molar-refractivity contribution is 5.58. The summed E-state index contributed by atoms with van der Waals surface area (Å²) in [6, 6.07) is 8.93. The van der Waals surface area contributed by atoms with Crippen LogP contribution in [0.3, 0.4) is 0 Å². The van der Waals surface area contributed by atoms with E-state index in [0.29, 0.717) is 0 Å². The first-order valence-electron chi connectivity index (χ1n) is 6.72. The smallest absolute Gasteiger partial charge is 0.0200 e. The van der Waals surface area contributed by atoms with Crippen LogP contribution in [0.1, 0.15) is 49.7 Å². The minimum absolute atomic E-state index is 0.908. The summed E-state index contributed by atoms with van der Waals surface area (Å²) in [5, 5.41) is 0. The first kappa shape index (κ1) is 10.1. The molecule has 0 atom stereocenters. The van der Waals surface area contributed by atoms with E-state index in [1.807, 2.05) is 0 Å². The second-order valence-corrected chi connectivity index (χ2v) is 5.25. The van der Waals surface area contributed by atoms with Gasteiger partial charge in [0.2, 0.25) is 0 Å².